The van der Waals surface area contributed by atoms with Gasteiger partial charge in [-0.05, 0) is 56.5 Å². The Bertz CT molecular complexity index is 374. The number of hydrogen-bond donors (Lipinski definition) is 2. The lowest BCUT2D eigenvalue weighted by Crippen LogP contribution is -2.27. The van der Waals surface area contributed by atoms with Gasteiger partial charge in [-0.3, -0.25) is 9.78 Å². The Kier molecular flexibility index (Phi) is 4.70. The maximum atomic E-state index is 11.8. The number of carbonyl (C=O) groups is 1. The number of carbonyl (C=O) groups excluding carboxylic acids is 1. The molecule has 0 radical (unpaired) electrons. The van der Waals surface area contributed by atoms with E-state index in [0.29, 0.717) is 12.3 Å². The molecule has 0 aliphatic carbocycles. The predicted octanol–water partition coefficient (Wildman–Crippen LogP) is 1.65. The highest BCUT2D eigenvalue weighted by Gasteiger charge is 2.16. The monoisotopic (exact) mass is 247 g/mol. The minimum Gasteiger partial charge on any atom is -0.350 e. The zero-order chi connectivity index (χ0) is 12.8. The third kappa shape index (κ3) is 3.81. The van der Waals surface area contributed by atoms with Crippen molar-refractivity contribution in [2.24, 2.45) is 5.92 Å². The lowest BCUT2D eigenvalue weighted by molar-refractivity contribution is -0.122. The lowest BCUT2D eigenvalue weighted by Gasteiger charge is -2.15. The summed E-state index contributed by atoms with van der Waals surface area (Å²) in [7, 11) is 0. The maximum absolute atomic E-state index is 11.8. The molecule has 0 saturated carbocycles. The average molecular weight is 247 g/mol. The number of aromatic nitrogens is 1. The van der Waals surface area contributed by atoms with E-state index in [4.69, 9.17) is 0 Å². The fraction of sp³-hybridized carbons (Fsp3) is 0.571. The lowest BCUT2D eigenvalue weighted by atomic mass is 10.0. The molecule has 0 aromatic carbocycles. The van der Waals surface area contributed by atoms with Gasteiger partial charge in [0.05, 0.1) is 6.04 Å². The molecule has 4 heteroatoms. The summed E-state index contributed by atoms with van der Waals surface area (Å²) in [4.78, 5) is 15.8. The quantitative estimate of drug-likeness (QED) is 0.832. The number of nitrogens with zero attached hydrogens (tertiary/aromatic N) is 1. The Balaban J connectivity index is 1.73. The third-order valence-corrected chi connectivity index (χ3v) is 3.53. The van der Waals surface area contributed by atoms with Gasteiger partial charge < -0.3 is 10.6 Å². The van der Waals surface area contributed by atoms with E-state index in [9.17, 15) is 4.79 Å². The van der Waals surface area contributed by atoms with Gasteiger partial charge in [-0.2, -0.15) is 0 Å². The molecule has 18 heavy (non-hydrogen) atoms. The summed E-state index contributed by atoms with van der Waals surface area (Å²) in [6, 6.07) is 3.93. The summed E-state index contributed by atoms with van der Waals surface area (Å²) >= 11 is 0. The normalized spacial score (nSPS) is 20.6. The molecule has 2 atom stereocenters. The van der Waals surface area contributed by atoms with Crippen LogP contribution in [0.15, 0.2) is 24.5 Å². The molecule has 2 rings (SSSR count). The van der Waals surface area contributed by atoms with Gasteiger partial charge >= 0.3 is 0 Å². The van der Waals surface area contributed by atoms with Gasteiger partial charge in [-0.15, -0.1) is 0 Å². The second-order valence-electron chi connectivity index (χ2n) is 4.97. The number of nitrogens with one attached hydrogen (secondary N) is 2. The molecule has 1 unspecified atom stereocenters. The molecule has 2 N–H and O–H groups in total. The molecule has 1 fully saturated rings. The van der Waals surface area contributed by atoms with Crippen LogP contribution in [0.3, 0.4) is 0 Å². The first kappa shape index (κ1) is 13.0. The Labute approximate surface area is 108 Å². The molecule has 98 valence electrons. The Morgan fingerprint density at radius 1 is 1.56 bits per heavy atom. The van der Waals surface area contributed by atoms with Crippen molar-refractivity contribution in [3.05, 3.63) is 30.1 Å². The van der Waals surface area contributed by atoms with Gasteiger partial charge in [-0.25, -0.2) is 0 Å². The zero-order valence-corrected chi connectivity index (χ0v) is 10.9. The van der Waals surface area contributed by atoms with Crippen molar-refractivity contribution in [1.29, 1.82) is 0 Å². The Hall–Kier alpha value is -1.42. The van der Waals surface area contributed by atoms with Crippen LogP contribution in [0.5, 0.6) is 0 Å². The molecule has 1 saturated heterocycles. The molecule has 1 aliphatic rings. The summed E-state index contributed by atoms with van der Waals surface area (Å²) < 4.78 is 0. The Morgan fingerprint density at radius 2 is 2.33 bits per heavy atom. The summed E-state index contributed by atoms with van der Waals surface area (Å²) in [5.41, 5.74) is 1.10. The Morgan fingerprint density at radius 3 is 3.00 bits per heavy atom. The molecule has 1 aromatic heterocycles. The summed E-state index contributed by atoms with van der Waals surface area (Å²) in [5.74, 6) is 0.818. The minimum absolute atomic E-state index is 0.0576. The third-order valence-electron chi connectivity index (χ3n) is 3.53. The van der Waals surface area contributed by atoms with Crippen LogP contribution >= 0.6 is 0 Å². The van der Waals surface area contributed by atoms with Gasteiger partial charge in [0.15, 0.2) is 0 Å². The van der Waals surface area contributed by atoms with Crippen molar-refractivity contribution < 1.29 is 4.79 Å². The van der Waals surface area contributed by atoms with Crippen LogP contribution in [-0.4, -0.2) is 24.0 Å². The average Bonchev–Trinajstić information content (AvgIpc) is 2.90. The van der Waals surface area contributed by atoms with Crippen molar-refractivity contribution in [3.8, 4) is 0 Å². The molecule has 4 nitrogen and oxygen atoms in total. The van der Waals surface area contributed by atoms with Crippen molar-refractivity contribution in [2.75, 3.05) is 13.1 Å². The predicted molar refractivity (Wildman–Crippen MR) is 71.0 cm³/mol. The smallest absolute Gasteiger partial charge is 0.220 e. The molecule has 1 aliphatic heterocycles. The van der Waals surface area contributed by atoms with Crippen molar-refractivity contribution in [1.82, 2.24) is 15.6 Å². The standard InChI is InChI=1S/C14H21N3O/c1-11(13-5-8-15-9-6-13)17-14(18)3-2-12-4-7-16-10-12/h5-6,8-9,11-12,16H,2-4,7,10H2,1H3,(H,17,18)/t11-,12?/m0/s1. The number of rotatable bonds is 5. The van der Waals surface area contributed by atoms with Gasteiger partial charge in [0.25, 0.3) is 0 Å². The highest BCUT2D eigenvalue weighted by Crippen LogP contribution is 2.15. The summed E-state index contributed by atoms with van der Waals surface area (Å²) in [6.07, 6.45) is 6.32. The second kappa shape index (κ2) is 6.50. The van der Waals surface area contributed by atoms with E-state index in [0.717, 1.165) is 25.1 Å². The van der Waals surface area contributed by atoms with Crippen LogP contribution in [-0.2, 0) is 4.79 Å². The van der Waals surface area contributed by atoms with E-state index in [1.165, 1.54) is 6.42 Å². The number of hydrogen-bond acceptors (Lipinski definition) is 3. The van der Waals surface area contributed by atoms with E-state index >= 15 is 0 Å². The van der Waals surface area contributed by atoms with Crippen LogP contribution < -0.4 is 10.6 Å². The highest BCUT2D eigenvalue weighted by molar-refractivity contribution is 5.76. The van der Waals surface area contributed by atoms with E-state index < -0.39 is 0 Å². The van der Waals surface area contributed by atoms with Crippen LogP contribution in [0.25, 0.3) is 0 Å². The number of pyridine rings is 1. The fourth-order valence-corrected chi connectivity index (χ4v) is 2.35. The molecule has 1 aromatic rings. The molecule has 0 spiro atoms. The van der Waals surface area contributed by atoms with Crippen LogP contribution in [0, 0.1) is 5.92 Å². The highest BCUT2D eigenvalue weighted by atomic mass is 16.1. The first-order valence-electron chi connectivity index (χ1n) is 6.65. The minimum atomic E-state index is 0.0576. The van der Waals surface area contributed by atoms with Crippen molar-refractivity contribution in [3.63, 3.8) is 0 Å². The topological polar surface area (TPSA) is 54.0 Å². The van der Waals surface area contributed by atoms with E-state index in [-0.39, 0.29) is 11.9 Å². The summed E-state index contributed by atoms with van der Waals surface area (Å²) in [5, 5.41) is 6.36. The van der Waals surface area contributed by atoms with Crippen LogP contribution in [0.4, 0.5) is 0 Å². The van der Waals surface area contributed by atoms with Crippen molar-refractivity contribution in [2.45, 2.75) is 32.2 Å². The van der Waals surface area contributed by atoms with E-state index in [2.05, 4.69) is 15.6 Å². The SMILES string of the molecule is C[C@H](NC(=O)CCC1CCNC1)c1ccncc1. The van der Waals surface area contributed by atoms with E-state index in [1.54, 1.807) is 12.4 Å². The first-order chi connectivity index (χ1) is 8.75. The maximum Gasteiger partial charge on any atom is 0.220 e. The first-order valence-corrected chi connectivity index (χ1v) is 6.65. The van der Waals surface area contributed by atoms with Gasteiger partial charge in [0, 0.05) is 18.8 Å². The van der Waals surface area contributed by atoms with Gasteiger partial charge in [0.2, 0.25) is 5.91 Å². The molecule has 0 bridgehead atoms. The fourth-order valence-electron chi connectivity index (χ4n) is 2.35. The van der Waals surface area contributed by atoms with Gasteiger partial charge in [-0.1, -0.05) is 0 Å². The molecule has 2 heterocycles. The zero-order valence-electron chi connectivity index (χ0n) is 10.9. The molecule has 1 amide bonds. The van der Waals surface area contributed by atoms with Gasteiger partial charge in [0.1, 0.15) is 0 Å². The largest absolute Gasteiger partial charge is 0.350 e. The molecular formula is C14H21N3O. The van der Waals surface area contributed by atoms with Crippen molar-refractivity contribution >= 4 is 5.91 Å². The molecular weight excluding hydrogens is 226 g/mol. The van der Waals surface area contributed by atoms with Crippen LogP contribution in [0.1, 0.15) is 37.8 Å². The van der Waals surface area contributed by atoms with Crippen LogP contribution in [0.2, 0.25) is 0 Å². The van der Waals surface area contributed by atoms with E-state index in [1.807, 2.05) is 19.1 Å². The second-order valence-corrected chi connectivity index (χ2v) is 4.97. The number of amides is 1. The summed E-state index contributed by atoms with van der Waals surface area (Å²) in [6.45, 7) is 4.16.